The van der Waals surface area contributed by atoms with E-state index in [1.807, 2.05) is 12.1 Å². The molecule has 0 unspecified atom stereocenters. The number of rotatable bonds is 3. The maximum atomic E-state index is 11.5. The van der Waals surface area contributed by atoms with Gasteiger partial charge in [-0.25, -0.2) is 4.79 Å². The molecule has 1 aromatic rings. The number of nitrogens with one attached hydrogen (secondary N) is 1. The quantitative estimate of drug-likeness (QED) is 0.753. The lowest BCUT2D eigenvalue weighted by Crippen LogP contribution is -2.28. The summed E-state index contributed by atoms with van der Waals surface area (Å²) < 4.78 is 0. The Kier molecular flexibility index (Phi) is 2.67. The first-order valence-electron chi connectivity index (χ1n) is 4.93. The molecular weight excluding hydrogens is 190 g/mol. The molecule has 1 aliphatic rings. The van der Waals surface area contributed by atoms with Gasteiger partial charge in [-0.2, -0.15) is 0 Å². The van der Waals surface area contributed by atoms with Gasteiger partial charge in [-0.15, -0.1) is 6.58 Å². The second-order valence-electron chi connectivity index (χ2n) is 3.35. The first kappa shape index (κ1) is 9.71. The number of anilines is 1. The Morgan fingerprint density at radius 2 is 2.53 bits per heavy atom. The van der Waals surface area contributed by atoms with Crippen LogP contribution in [-0.2, 0) is 6.42 Å². The highest BCUT2D eigenvalue weighted by Gasteiger charge is 2.23. The van der Waals surface area contributed by atoms with Gasteiger partial charge < -0.3 is 5.32 Å². The zero-order valence-electron chi connectivity index (χ0n) is 8.44. The van der Waals surface area contributed by atoms with Gasteiger partial charge in [-0.1, -0.05) is 6.08 Å². The summed E-state index contributed by atoms with van der Waals surface area (Å²) in [5.41, 5.74) is 1.77. The minimum atomic E-state index is -0.0479. The highest BCUT2D eigenvalue weighted by molar-refractivity contribution is 5.94. The standard InChI is InChI=1S/C11H13N3O/c1-2-4-9-10(5-3-6-12-9)14-8-7-13-11(14)15/h2-3,5-6H,1,4,7-8H2,(H,13,15). The molecule has 1 fully saturated rings. The fraction of sp³-hybridized carbons (Fsp3) is 0.273. The predicted molar refractivity (Wildman–Crippen MR) is 58.9 cm³/mol. The summed E-state index contributed by atoms with van der Waals surface area (Å²) in [7, 11) is 0. The third kappa shape index (κ3) is 1.83. The Bertz CT molecular complexity index is 389. The molecule has 0 aromatic carbocycles. The number of urea groups is 1. The Labute approximate surface area is 88.6 Å². The minimum absolute atomic E-state index is 0.0479. The van der Waals surface area contributed by atoms with Crippen LogP contribution in [0.25, 0.3) is 0 Å². The van der Waals surface area contributed by atoms with Crippen molar-refractivity contribution in [3.8, 4) is 0 Å². The molecule has 0 bridgehead atoms. The van der Waals surface area contributed by atoms with Crippen LogP contribution in [-0.4, -0.2) is 24.1 Å². The lowest BCUT2D eigenvalue weighted by molar-refractivity contribution is 0.252. The molecule has 1 N–H and O–H groups in total. The maximum absolute atomic E-state index is 11.5. The second kappa shape index (κ2) is 4.13. The highest BCUT2D eigenvalue weighted by atomic mass is 16.2. The largest absolute Gasteiger partial charge is 0.336 e. The minimum Gasteiger partial charge on any atom is -0.336 e. The van der Waals surface area contributed by atoms with Crippen LogP contribution >= 0.6 is 0 Å². The molecule has 1 aromatic heterocycles. The smallest absolute Gasteiger partial charge is 0.322 e. The average Bonchev–Trinajstić information content (AvgIpc) is 2.66. The molecule has 2 rings (SSSR count). The van der Waals surface area contributed by atoms with Gasteiger partial charge in [0.1, 0.15) is 0 Å². The topological polar surface area (TPSA) is 45.2 Å². The van der Waals surface area contributed by atoms with Gasteiger partial charge in [-0.05, 0) is 12.1 Å². The lowest BCUT2D eigenvalue weighted by Gasteiger charge is -2.16. The van der Waals surface area contributed by atoms with Crippen LogP contribution in [0.1, 0.15) is 5.69 Å². The summed E-state index contributed by atoms with van der Waals surface area (Å²) in [5.74, 6) is 0. The first-order chi connectivity index (χ1) is 7.33. The van der Waals surface area contributed by atoms with E-state index in [-0.39, 0.29) is 6.03 Å². The fourth-order valence-corrected chi connectivity index (χ4v) is 1.67. The van der Waals surface area contributed by atoms with Crippen LogP contribution < -0.4 is 10.2 Å². The third-order valence-electron chi connectivity index (χ3n) is 2.35. The molecule has 0 radical (unpaired) electrons. The van der Waals surface area contributed by atoms with E-state index in [1.54, 1.807) is 17.2 Å². The van der Waals surface area contributed by atoms with Gasteiger partial charge in [0.25, 0.3) is 0 Å². The summed E-state index contributed by atoms with van der Waals surface area (Å²) >= 11 is 0. The summed E-state index contributed by atoms with van der Waals surface area (Å²) in [6.45, 7) is 5.08. The van der Waals surface area contributed by atoms with Crippen LogP contribution in [0.2, 0.25) is 0 Å². The number of allylic oxidation sites excluding steroid dienone is 1. The highest BCUT2D eigenvalue weighted by Crippen LogP contribution is 2.20. The second-order valence-corrected chi connectivity index (χ2v) is 3.35. The number of pyridine rings is 1. The normalized spacial score (nSPS) is 15.2. The molecule has 1 aliphatic heterocycles. The molecule has 0 spiro atoms. The molecule has 0 saturated carbocycles. The Hall–Kier alpha value is -1.84. The summed E-state index contributed by atoms with van der Waals surface area (Å²) in [5, 5.41) is 2.77. The van der Waals surface area contributed by atoms with Crippen molar-refractivity contribution >= 4 is 11.7 Å². The summed E-state index contributed by atoms with van der Waals surface area (Å²) in [6, 6.07) is 3.71. The van der Waals surface area contributed by atoms with Gasteiger partial charge in [0.2, 0.25) is 0 Å². The molecule has 0 atom stereocenters. The molecule has 2 amide bonds. The van der Waals surface area contributed by atoms with Crippen molar-refractivity contribution in [2.45, 2.75) is 6.42 Å². The predicted octanol–water partition coefficient (Wildman–Crippen LogP) is 1.34. The zero-order chi connectivity index (χ0) is 10.7. The molecule has 4 heteroatoms. The van der Waals surface area contributed by atoms with Crippen molar-refractivity contribution in [2.24, 2.45) is 0 Å². The van der Waals surface area contributed by atoms with Gasteiger partial charge in [-0.3, -0.25) is 9.88 Å². The van der Waals surface area contributed by atoms with E-state index in [9.17, 15) is 4.79 Å². The monoisotopic (exact) mass is 203 g/mol. The maximum Gasteiger partial charge on any atom is 0.322 e. The number of aromatic nitrogens is 1. The summed E-state index contributed by atoms with van der Waals surface area (Å²) in [4.78, 5) is 17.5. The van der Waals surface area contributed by atoms with Gasteiger partial charge >= 0.3 is 6.03 Å². The first-order valence-corrected chi connectivity index (χ1v) is 4.93. The number of carbonyl (C=O) groups is 1. The Morgan fingerprint density at radius 3 is 3.20 bits per heavy atom. The van der Waals surface area contributed by atoms with E-state index in [1.165, 1.54) is 0 Å². The Balaban J connectivity index is 2.33. The van der Waals surface area contributed by atoms with Crippen molar-refractivity contribution in [2.75, 3.05) is 18.0 Å². The molecule has 15 heavy (non-hydrogen) atoms. The number of nitrogens with zero attached hydrogens (tertiary/aromatic N) is 2. The molecule has 2 heterocycles. The number of carbonyl (C=O) groups excluding carboxylic acids is 1. The van der Waals surface area contributed by atoms with Gasteiger partial charge in [0.05, 0.1) is 11.4 Å². The van der Waals surface area contributed by atoms with E-state index in [4.69, 9.17) is 0 Å². The lowest BCUT2D eigenvalue weighted by atomic mass is 10.2. The van der Waals surface area contributed by atoms with Crippen LogP contribution in [0.5, 0.6) is 0 Å². The van der Waals surface area contributed by atoms with Crippen molar-refractivity contribution in [3.05, 3.63) is 36.7 Å². The third-order valence-corrected chi connectivity index (χ3v) is 2.35. The Morgan fingerprint density at radius 1 is 1.67 bits per heavy atom. The molecule has 0 aliphatic carbocycles. The van der Waals surface area contributed by atoms with Crippen LogP contribution in [0.3, 0.4) is 0 Å². The number of amides is 2. The fourth-order valence-electron chi connectivity index (χ4n) is 1.67. The van der Waals surface area contributed by atoms with Crippen molar-refractivity contribution in [3.63, 3.8) is 0 Å². The van der Waals surface area contributed by atoms with Crippen molar-refractivity contribution in [1.29, 1.82) is 0 Å². The SMILES string of the molecule is C=CCc1ncccc1N1CCNC1=O. The van der Waals surface area contributed by atoms with E-state index in [0.29, 0.717) is 19.5 Å². The van der Waals surface area contributed by atoms with Crippen LogP contribution in [0, 0.1) is 0 Å². The molecule has 4 nitrogen and oxygen atoms in total. The van der Waals surface area contributed by atoms with E-state index >= 15 is 0 Å². The van der Waals surface area contributed by atoms with Crippen molar-refractivity contribution < 1.29 is 4.79 Å². The average molecular weight is 203 g/mol. The van der Waals surface area contributed by atoms with E-state index in [0.717, 1.165) is 11.4 Å². The zero-order valence-corrected chi connectivity index (χ0v) is 8.44. The number of hydrogen-bond acceptors (Lipinski definition) is 2. The van der Waals surface area contributed by atoms with Crippen LogP contribution in [0.4, 0.5) is 10.5 Å². The van der Waals surface area contributed by atoms with Crippen LogP contribution in [0.15, 0.2) is 31.0 Å². The van der Waals surface area contributed by atoms with Gasteiger partial charge in [0.15, 0.2) is 0 Å². The number of hydrogen-bond donors (Lipinski definition) is 1. The van der Waals surface area contributed by atoms with E-state index < -0.39 is 0 Å². The van der Waals surface area contributed by atoms with E-state index in [2.05, 4.69) is 16.9 Å². The molecule has 1 saturated heterocycles. The van der Waals surface area contributed by atoms with Gasteiger partial charge in [0, 0.05) is 25.7 Å². The summed E-state index contributed by atoms with van der Waals surface area (Å²) in [6.07, 6.45) is 4.20. The molecule has 78 valence electrons. The van der Waals surface area contributed by atoms with Crippen molar-refractivity contribution in [1.82, 2.24) is 10.3 Å². The molecular formula is C11H13N3O.